The van der Waals surface area contributed by atoms with E-state index in [1.807, 2.05) is 12.1 Å². The summed E-state index contributed by atoms with van der Waals surface area (Å²) < 4.78 is 0. The van der Waals surface area contributed by atoms with Crippen molar-refractivity contribution < 1.29 is 15.0 Å². The SMILES string of the molecule is CC(=O)N1CCc2c(nc(-c3ccncc3)nc2NC(C)(CO)CO)C1. The van der Waals surface area contributed by atoms with Gasteiger partial charge in [0.15, 0.2) is 5.82 Å². The summed E-state index contributed by atoms with van der Waals surface area (Å²) in [6.45, 7) is 3.78. The van der Waals surface area contributed by atoms with Crippen molar-refractivity contribution in [2.75, 3.05) is 25.1 Å². The van der Waals surface area contributed by atoms with E-state index in [1.165, 1.54) is 0 Å². The van der Waals surface area contributed by atoms with Crippen LogP contribution in [0.1, 0.15) is 25.1 Å². The third kappa shape index (κ3) is 3.66. The number of pyridine rings is 1. The molecule has 3 heterocycles. The van der Waals surface area contributed by atoms with Gasteiger partial charge in [-0.15, -0.1) is 0 Å². The highest BCUT2D eigenvalue weighted by Crippen LogP contribution is 2.28. The molecule has 1 aliphatic rings. The number of carbonyl (C=O) groups is 1. The second kappa shape index (κ2) is 7.35. The molecule has 1 aliphatic heterocycles. The summed E-state index contributed by atoms with van der Waals surface area (Å²) in [7, 11) is 0. The Hall–Kier alpha value is -2.58. The molecular formula is C18H23N5O3. The Labute approximate surface area is 151 Å². The fourth-order valence-corrected chi connectivity index (χ4v) is 2.85. The number of nitrogens with zero attached hydrogens (tertiary/aromatic N) is 4. The molecule has 8 heteroatoms. The number of hydrogen-bond acceptors (Lipinski definition) is 7. The van der Waals surface area contributed by atoms with Gasteiger partial charge >= 0.3 is 0 Å². The largest absolute Gasteiger partial charge is 0.394 e. The van der Waals surface area contributed by atoms with Crippen LogP contribution in [0.2, 0.25) is 0 Å². The first kappa shape index (κ1) is 18.2. The molecule has 0 fully saturated rings. The molecule has 0 spiro atoms. The lowest BCUT2D eigenvalue weighted by molar-refractivity contribution is -0.129. The van der Waals surface area contributed by atoms with Gasteiger partial charge in [-0.2, -0.15) is 0 Å². The maximum atomic E-state index is 11.8. The number of hydrogen-bond donors (Lipinski definition) is 3. The van der Waals surface area contributed by atoms with Crippen molar-refractivity contribution in [1.29, 1.82) is 0 Å². The zero-order chi connectivity index (χ0) is 18.7. The Balaban J connectivity index is 2.07. The summed E-state index contributed by atoms with van der Waals surface area (Å²) in [4.78, 5) is 26.8. The lowest BCUT2D eigenvalue weighted by atomic mass is 10.0. The van der Waals surface area contributed by atoms with Crippen molar-refractivity contribution in [3.05, 3.63) is 35.8 Å². The summed E-state index contributed by atoms with van der Waals surface area (Å²) in [5.74, 6) is 1.10. The van der Waals surface area contributed by atoms with Crippen molar-refractivity contribution in [3.63, 3.8) is 0 Å². The molecule has 0 aromatic carbocycles. The van der Waals surface area contributed by atoms with Crippen LogP contribution in [-0.2, 0) is 17.8 Å². The average Bonchev–Trinajstić information content (AvgIpc) is 2.67. The van der Waals surface area contributed by atoms with Crippen molar-refractivity contribution in [3.8, 4) is 11.4 Å². The molecule has 26 heavy (non-hydrogen) atoms. The van der Waals surface area contributed by atoms with E-state index in [2.05, 4.69) is 20.3 Å². The molecular weight excluding hydrogens is 334 g/mol. The van der Waals surface area contributed by atoms with Crippen LogP contribution in [0, 0.1) is 0 Å². The summed E-state index contributed by atoms with van der Waals surface area (Å²) in [5, 5.41) is 22.4. The number of aliphatic hydroxyl groups excluding tert-OH is 2. The fraction of sp³-hybridized carbons (Fsp3) is 0.444. The number of nitrogens with one attached hydrogen (secondary N) is 1. The molecule has 8 nitrogen and oxygen atoms in total. The summed E-state index contributed by atoms with van der Waals surface area (Å²) >= 11 is 0. The lowest BCUT2D eigenvalue weighted by Crippen LogP contribution is -2.44. The molecule has 0 aliphatic carbocycles. The van der Waals surface area contributed by atoms with Crippen molar-refractivity contribution in [1.82, 2.24) is 19.9 Å². The van der Waals surface area contributed by atoms with Crippen LogP contribution in [0.3, 0.4) is 0 Å². The molecule has 0 radical (unpaired) electrons. The van der Waals surface area contributed by atoms with E-state index in [-0.39, 0.29) is 19.1 Å². The highest BCUT2D eigenvalue weighted by atomic mass is 16.3. The summed E-state index contributed by atoms with van der Waals surface area (Å²) in [6.07, 6.45) is 3.94. The van der Waals surface area contributed by atoms with Gasteiger partial charge in [-0.3, -0.25) is 9.78 Å². The minimum absolute atomic E-state index is 0.00443. The standard InChI is InChI=1S/C18H23N5O3/c1-12(26)23-8-5-14-15(9-23)20-16(13-3-6-19-7-4-13)21-17(14)22-18(2,10-24)11-25/h3-4,6-7,24-25H,5,8-11H2,1-2H3,(H,20,21,22). The molecule has 138 valence electrons. The quantitative estimate of drug-likeness (QED) is 0.718. The first-order valence-corrected chi connectivity index (χ1v) is 8.51. The van der Waals surface area contributed by atoms with Crippen LogP contribution in [0.15, 0.2) is 24.5 Å². The van der Waals surface area contributed by atoms with E-state index in [9.17, 15) is 15.0 Å². The summed E-state index contributed by atoms with van der Waals surface area (Å²) in [5.41, 5.74) is 1.58. The minimum Gasteiger partial charge on any atom is -0.394 e. The van der Waals surface area contributed by atoms with Crippen LogP contribution in [0.4, 0.5) is 5.82 Å². The van der Waals surface area contributed by atoms with E-state index in [0.717, 1.165) is 16.8 Å². The Bertz CT molecular complexity index is 793. The Morgan fingerprint density at radius 2 is 1.96 bits per heavy atom. The maximum Gasteiger partial charge on any atom is 0.219 e. The molecule has 2 aromatic heterocycles. The van der Waals surface area contributed by atoms with Gasteiger partial charge in [-0.25, -0.2) is 9.97 Å². The van der Waals surface area contributed by atoms with Crippen LogP contribution in [0.25, 0.3) is 11.4 Å². The number of aliphatic hydroxyl groups is 2. The Morgan fingerprint density at radius 3 is 2.58 bits per heavy atom. The van der Waals surface area contributed by atoms with Gasteiger partial charge in [-0.05, 0) is 25.5 Å². The second-order valence-electron chi connectivity index (χ2n) is 6.75. The van der Waals surface area contributed by atoms with Gasteiger partial charge in [-0.1, -0.05) is 0 Å². The summed E-state index contributed by atoms with van der Waals surface area (Å²) in [6, 6.07) is 3.63. The normalized spacial score (nSPS) is 14.1. The Kier molecular flexibility index (Phi) is 5.15. The molecule has 2 aromatic rings. The predicted molar refractivity (Wildman–Crippen MR) is 96.3 cm³/mol. The highest BCUT2D eigenvalue weighted by Gasteiger charge is 2.28. The van der Waals surface area contributed by atoms with Gasteiger partial charge in [0.25, 0.3) is 0 Å². The van der Waals surface area contributed by atoms with Gasteiger partial charge in [0, 0.05) is 37.0 Å². The van der Waals surface area contributed by atoms with E-state index in [1.54, 1.807) is 31.1 Å². The van der Waals surface area contributed by atoms with Gasteiger partial charge < -0.3 is 20.4 Å². The van der Waals surface area contributed by atoms with Gasteiger partial charge in [0.05, 0.1) is 31.0 Å². The third-order valence-corrected chi connectivity index (χ3v) is 4.57. The first-order chi connectivity index (χ1) is 12.5. The highest BCUT2D eigenvalue weighted by molar-refractivity contribution is 5.74. The number of fused-ring (bicyclic) bond motifs is 1. The van der Waals surface area contributed by atoms with Crippen LogP contribution in [0.5, 0.6) is 0 Å². The zero-order valence-electron chi connectivity index (χ0n) is 14.9. The number of anilines is 1. The van der Waals surface area contributed by atoms with E-state index < -0.39 is 5.54 Å². The van der Waals surface area contributed by atoms with Crippen molar-refractivity contribution in [2.24, 2.45) is 0 Å². The molecule has 0 saturated carbocycles. The molecule has 0 atom stereocenters. The maximum absolute atomic E-state index is 11.8. The zero-order valence-corrected chi connectivity index (χ0v) is 14.9. The van der Waals surface area contributed by atoms with Crippen LogP contribution in [-0.4, -0.2) is 61.3 Å². The average molecular weight is 357 g/mol. The Morgan fingerprint density at radius 1 is 1.27 bits per heavy atom. The van der Waals surface area contributed by atoms with E-state index >= 15 is 0 Å². The first-order valence-electron chi connectivity index (χ1n) is 8.51. The van der Waals surface area contributed by atoms with Crippen LogP contribution >= 0.6 is 0 Å². The molecule has 1 amide bonds. The van der Waals surface area contributed by atoms with Gasteiger partial charge in [0.1, 0.15) is 5.82 Å². The third-order valence-electron chi connectivity index (χ3n) is 4.57. The van der Waals surface area contributed by atoms with Gasteiger partial charge in [0.2, 0.25) is 5.91 Å². The number of rotatable bonds is 5. The molecule has 3 rings (SSSR count). The number of amides is 1. The molecule has 3 N–H and O–H groups in total. The van der Waals surface area contributed by atoms with E-state index in [0.29, 0.717) is 31.2 Å². The molecule has 0 bridgehead atoms. The molecule has 0 saturated heterocycles. The number of aromatic nitrogens is 3. The topological polar surface area (TPSA) is 111 Å². The monoisotopic (exact) mass is 357 g/mol. The molecule has 0 unspecified atom stereocenters. The van der Waals surface area contributed by atoms with E-state index in [4.69, 9.17) is 0 Å². The second-order valence-corrected chi connectivity index (χ2v) is 6.75. The smallest absolute Gasteiger partial charge is 0.219 e. The van der Waals surface area contributed by atoms with Crippen LogP contribution < -0.4 is 5.32 Å². The fourth-order valence-electron chi connectivity index (χ4n) is 2.85. The lowest BCUT2D eigenvalue weighted by Gasteiger charge is -2.32. The van der Waals surface area contributed by atoms with Crippen molar-refractivity contribution in [2.45, 2.75) is 32.4 Å². The predicted octanol–water partition coefficient (Wildman–Crippen LogP) is 0.598. The van der Waals surface area contributed by atoms with Crippen molar-refractivity contribution >= 4 is 11.7 Å². The number of carbonyl (C=O) groups excluding carboxylic acids is 1. The minimum atomic E-state index is -0.907.